The van der Waals surface area contributed by atoms with E-state index in [4.69, 9.17) is 9.05 Å². The van der Waals surface area contributed by atoms with E-state index in [0.717, 1.165) is 44.9 Å². The van der Waals surface area contributed by atoms with Gasteiger partial charge in [-0.3, -0.25) is 13.8 Å². The molecule has 0 aliphatic heterocycles. The van der Waals surface area contributed by atoms with Crippen LogP contribution < -0.4 is 5.32 Å². The van der Waals surface area contributed by atoms with Crippen molar-refractivity contribution in [1.82, 2.24) is 5.32 Å². The topological polar surface area (TPSA) is 206 Å². The van der Waals surface area contributed by atoms with Crippen LogP contribution in [0.4, 0.5) is 0 Å². The number of carbonyl (C=O) groups excluding carboxylic acids is 1. The van der Waals surface area contributed by atoms with Crippen LogP contribution in [0, 0.1) is 0 Å². The molecule has 12 nitrogen and oxygen atoms in total. The quantitative estimate of drug-likeness (QED) is 0.0192. The molecule has 9 atom stereocenters. The summed E-state index contributed by atoms with van der Waals surface area (Å²) >= 11 is 0. The van der Waals surface area contributed by atoms with Crippen molar-refractivity contribution in [3.8, 4) is 0 Å². The molecule has 6 unspecified atom stereocenters. The first-order valence-corrected chi connectivity index (χ1v) is 22.6. The predicted molar refractivity (Wildman–Crippen MR) is 209 cm³/mol. The van der Waals surface area contributed by atoms with Crippen molar-refractivity contribution in [3.05, 3.63) is 12.2 Å². The summed E-state index contributed by atoms with van der Waals surface area (Å²) in [4.78, 5) is 23.3. The van der Waals surface area contributed by atoms with Gasteiger partial charge in [-0.1, -0.05) is 167 Å². The third-order valence-corrected chi connectivity index (χ3v) is 11.3. The summed E-state index contributed by atoms with van der Waals surface area (Å²) in [5, 5.41) is 63.8. The second kappa shape index (κ2) is 31.2. The molecule has 0 aromatic rings. The highest BCUT2D eigenvalue weighted by Crippen LogP contribution is 2.47. The van der Waals surface area contributed by atoms with Crippen molar-refractivity contribution in [2.75, 3.05) is 6.61 Å². The van der Waals surface area contributed by atoms with Gasteiger partial charge in [-0.2, -0.15) is 0 Å². The van der Waals surface area contributed by atoms with Gasteiger partial charge < -0.3 is 40.8 Å². The lowest BCUT2D eigenvalue weighted by atomic mass is 9.85. The predicted octanol–water partition coefficient (Wildman–Crippen LogP) is 6.89. The van der Waals surface area contributed by atoms with E-state index in [-0.39, 0.29) is 12.3 Å². The average molecular weight is 780 g/mol. The van der Waals surface area contributed by atoms with Crippen LogP contribution in [0.5, 0.6) is 0 Å². The summed E-state index contributed by atoms with van der Waals surface area (Å²) in [5.41, 5.74) is 0. The fourth-order valence-corrected chi connectivity index (χ4v) is 7.75. The van der Waals surface area contributed by atoms with Gasteiger partial charge in [0.2, 0.25) is 5.91 Å². The molecule has 1 aliphatic carbocycles. The van der Waals surface area contributed by atoms with Crippen LogP contribution in [0.2, 0.25) is 0 Å². The maximum atomic E-state index is 12.9. The number of aliphatic hydroxyl groups is 6. The van der Waals surface area contributed by atoms with Crippen molar-refractivity contribution in [3.63, 3.8) is 0 Å². The van der Waals surface area contributed by atoms with Gasteiger partial charge >= 0.3 is 7.82 Å². The standard InChI is InChI=1S/C40H78NO11P/c1-3-5-7-9-11-13-15-17-19-21-23-25-27-29-33(42)32(31-51-53(49,50)52-40-38(47)36(45)35(44)37(46)39(40)48)41-34(43)30-28-26-24-22-20-18-16-14-12-10-8-6-4-2/h27,29,32-33,35-40,42,44-48H,3-26,28,30-31H2,1-2H3,(H,41,43)(H,49,50)/b29-27+/t32-,33+,35?,36+,37?,38?,39?,40?/m0/s1. The molecule has 1 aliphatic rings. The van der Waals surface area contributed by atoms with Crippen molar-refractivity contribution >= 4 is 13.7 Å². The molecule has 1 fully saturated rings. The number of hydrogen-bond donors (Lipinski definition) is 8. The smallest absolute Gasteiger partial charge is 0.387 e. The zero-order valence-corrected chi connectivity index (χ0v) is 34.0. The Labute approximate surface area is 320 Å². The molecule has 1 saturated carbocycles. The molecule has 0 radical (unpaired) electrons. The Morgan fingerprint density at radius 3 is 1.43 bits per heavy atom. The van der Waals surface area contributed by atoms with Gasteiger partial charge in [-0.25, -0.2) is 4.57 Å². The van der Waals surface area contributed by atoms with Crippen LogP contribution in [0.1, 0.15) is 181 Å². The Morgan fingerprint density at radius 2 is 1.00 bits per heavy atom. The Balaban J connectivity index is 2.56. The summed E-state index contributed by atoms with van der Waals surface area (Å²) in [7, 11) is -5.07. The van der Waals surface area contributed by atoms with E-state index in [1.807, 2.05) is 6.08 Å². The number of allylic oxidation sites excluding steroid dienone is 1. The molecular weight excluding hydrogens is 701 g/mol. The highest BCUT2D eigenvalue weighted by molar-refractivity contribution is 7.47. The monoisotopic (exact) mass is 780 g/mol. The SMILES string of the molecule is CCCCCCCCCCCCC/C=C/[C@@H](O)[C@H](COP(=O)(O)OC1C(O)C(O)C(O)[C@@H](O)C1O)NC(=O)CCCCCCCCCCCCCCC. The number of hydrogen-bond acceptors (Lipinski definition) is 10. The van der Waals surface area contributed by atoms with E-state index >= 15 is 0 Å². The van der Waals surface area contributed by atoms with E-state index < -0.39 is 63.2 Å². The second-order valence-electron chi connectivity index (χ2n) is 15.2. The van der Waals surface area contributed by atoms with Gasteiger partial charge in [0.05, 0.1) is 18.8 Å². The molecule has 0 saturated heterocycles. The summed E-state index contributed by atoms with van der Waals surface area (Å²) in [5.74, 6) is -0.341. The molecule has 0 bridgehead atoms. The number of rotatable bonds is 34. The zero-order valence-electron chi connectivity index (χ0n) is 33.1. The van der Waals surface area contributed by atoms with Gasteiger partial charge in [0.1, 0.15) is 36.6 Å². The van der Waals surface area contributed by atoms with Gasteiger partial charge in [0.25, 0.3) is 0 Å². The first-order valence-electron chi connectivity index (χ1n) is 21.1. The maximum Gasteiger partial charge on any atom is 0.472 e. The number of carbonyl (C=O) groups is 1. The molecule has 13 heteroatoms. The molecule has 1 amide bonds. The van der Waals surface area contributed by atoms with Crippen LogP contribution in [0.25, 0.3) is 0 Å². The van der Waals surface area contributed by atoms with Crippen molar-refractivity contribution in [1.29, 1.82) is 0 Å². The van der Waals surface area contributed by atoms with E-state index in [1.165, 1.54) is 115 Å². The third kappa shape index (κ3) is 23.7. The highest BCUT2D eigenvalue weighted by atomic mass is 31.2. The van der Waals surface area contributed by atoms with Crippen LogP contribution in [0.3, 0.4) is 0 Å². The molecule has 0 spiro atoms. The molecule has 0 aromatic heterocycles. The Hall–Kier alpha value is -0.920. The number of aliphatic hydroxyl groups excluding tert-OH is 6. The minimum absolute atomic E-state index is 0.218. The minimum atomic E-state index is -5.07. The number of phosphoric ester groups is 1. The van der Waals surface area contributed by atoms with Crippen LogP contribution in [-0.4, -0.2) is 96.8 Å². The Morgan fingerprint density at radius 1 is 0.623 bits per heavy atom. The molecular formula is C40H78NO11P. The first kappa shape index (κ1) is 50.1. The number of amides is 1. The van der Waals surface area contributed by atoms with E-state index in [1.54, 1.807) is 0 Å². The molecule has 0 heterocycles. The lowest BCUT2D eigenvalue weighted by Crippen LogP contribution is -2.64. The Bertz CT molecular complexity index is 957. The van der Waals surface area contributed by atoms with Crippen LogP contribution in [0.15, 0.2) is 12.2 Å². The highest BCUT2D eigenvalue weighted by Gasteiger charge is 2.51. The van der Waals surface area contributed by atoms with E-state index in [0.29, 0.717) is 6.42 Å². The molecule has 314 valence electrons. The summed E-state index contributed by atoms with van der Waals surface area (Å²) in [6, 6.07) is -1.11. The van der Waals surface area contributed by atoms with E-state index in [9.17, 15) is 44.9 Å². The van der Waals surface area contributed by atoms with Crippen molar-refractivity contribution in [2.45, 2.75) is 230 Å². The number of phosphoric acid groups is 1. The number of unbranched alkanes of at least 4 members (excludes halogenated alkanes) is 23. The van der Waals surface area contributed by atoms with E-state index in [2.05, 4.69) is 19.2 Å². The average Bonchev–Trinajstić information content (AvgIpc) is 3.13. The lowest BCUT2D eigenvalue weighted by Gasteiger charge is -2.41. The fourth-order valence-electron chi connectivity index (χ4n) is 6.78. The van der Waals surface area contributed by atoms with Crippen molar-refractivity contribution in [2.24, 2.45) is 0 Å². The molecule has 53 heavy (non-hydrogen) atoms. The van der Waals surface area contributed by atoms with Crippen LogP contribution in [-0.2, 0) is 18.4 Å². The van der Waals surface area contributed by atoms with Crippen LogP contribution >= 0.6 is 7.82 Å². The minimum Gasteiger partial charge on any atom is -0.387 e. The summed E-state index contributed by atoms with van der Waals surface area (Å²) < 4.78 is 22.8. The van der Waals surface area contributed by atoms with Gasteiger partial charge in [-0.05, 0) is 19.3 Å². The second-order valence-corrected chi connectivity index (χ2v) is 16.6. The maximum absolute atomic E-state index is 12.9. The number of nitrogens with one attached hydrogen (secondary N) is 1. The molecule has 0 aromatic carbocycles. The third-order valence-electron chi connectivity index (χ3n) is 10.3. The lowest BCUT2D eigenvalue weighted by molar-refractivity contribution is -0.220. The van der Waals surface area contributed by atoms with Gasteiger partial charge in [0.15, 0.2) is 0 Å². The fraction of sp³-hybridized carbons (Fsp3) is 0.925. The first-order chi connectivity index (χ1) is 25.4. The Kier molecular flexibility index (Phi) is 29.5. The molecule has 8 N–H and O–H groups in total. The zero-order chi connectivity index (χ0) is 39.3. The molecule has 1 rings (SSSR count). The van der Waals surface area contributed by atoms with Crippen molar-refractivity contribution < 1.29 is 53.9 Å². The van der Waals surface area contributed by atoms with Gasteiger partial charge in [0, 0.05) is 6.42 Å². The largest absolute Gasteiger partial charge is 0.472 e. The van der Waals surface area contributed by atoms with Gasteiger partial charge in [-0.15, -0.1) is 0 Å². The normalized spacial score (nSPS) is 24.3. The summed E-state index contributed by atoms with van der Waals surface area (Å²) in [6.45, 7) is 3.81. The summed E-state index contributed by atoms with van der Waals surface area (Å²) in [6.07, 6.45) is 20.0.